The molecule has 0 saturated carbocycles. The van der Waals surface area contributed by atoms with E-state index in [1.54, 1.807) is 24.4 Å². The van der Waals surface area contributed by atoms with Gasteiger partial charge < -0.3 is 19.5 Å². The molecule has 0 atom stereocenters. The molecular formula is C20H22N4O4. The maximum Gasteiger partial charge on any atom is 0.260 e. The van der Waals surface area contributed by atoms with Crippen molar-refractivity contribution in [3.05, 3.63) is 47.9 Å². The number of imidazole rings is 1. The van der Waals surface area contributed by atoms with E-state index in [2.05, 4.69) is 10.3 Å². The number of ether oxygens (including phenoxy) is 3. The lowest BCUT2D eigenvalue weighted by Crippen LogP contribution is -2.15. The van der Waals surface area contributed by atoms with E-state index >= 15 is 0 Å². The number of rotatable bonds is 5. The number of carbonyl (C=O) groups is 1. The van der Waals surface area contributed by atoms with Crippen LogP contribution in [0.1, 0.15) is 34.8 Å². The van der Waals surface area contributed by atoms with E-state index in [9.17, 15) is 4.79 Å². The molecule has 8 heteroatoms. The van der Waals surface area contributed by atoms with Crippen molar-refractivity contribution >= 4 is 17.4 Å². The van der Waals surface area contributed by atoms with Gasteiger partial charge in [0.2, 0.25) is 5.65 Å². The number of para-hydroxylation sites is 1. The molecule has 0 aliphatic carbocycles. The minimum atomic E-state index is -0.309. The second-order valence-corrected chi connectivity index (χ2v) is 6.57. The monoisotopic (exact) mass is 382 g/mol. The summed E-state index contributed by atoms with van der Waals surface area (Å²) in [7, 11) is 3.07. The van der Waals surface area contributed by atoms with Crippen LogP contribution in [0.5, 0.6) is 11.6 Å². The number of fused-ring (bicyclic) bond motifs is 1. The van der Waals surface area contributed by atoms with Crippen LogP contribution in [-0.4, -0.2) is 47.7 Å². The minimum Gasteiger partial charge on any atom is -0.496 e. The number of hydrogen-bond donors (Lipinski definition) is 1. The van der Waals surface area contributed by atoms with Crippen molar-refractivity contribution in [3.63, 3.8) is 0 Å². The Morgan fingerprint density at radius 3 is 2.68 bits per heavy atom. The molecule has 3 heterocycles. The highest BCUT2D eigenvalue weighted by Crippen LogP contribution is 2.29. The van der Waals surface area contributed by atoms with E-state index in [-0.39, 0.29) is 5.91 Å². The maximum absolute atomic E-state index is 12.7. The molecule has 28 heavy (non-hydrogen) atoms. The third-order valence-corrected chi connectivity index (χ3v) is 4.85. The predicted molar refractivity (Wildman–Crippen MR) is 103 cm³/mol. The Balaban J connectivity index is 1.65. The van der Waals surface area contributed by atoms with Crippen molar-refractivity contribution in [3.8, 4) is 11.6 Å². The van der Waals surface area contributed by atoms with Gasteiger partial charge in [0.05, 0.1) is 31.7 Å². The van der Waals surface area contributed by atoms with E-state index in [1.165, 1.54) is 14.2 Å². The summed E-state index contributed by atoms with van der Waals surface area (Å²) >= 11 is 0. The van der Waals surface area contributed by atoms with Crippen molar-refractivity contribution in [1.82, 2.24) is 14.4 Å². The lowest BCUT2D eigenvalue weighted by atomic mass is 9.97. The number of nitrogens with zero attached hydrogens (tertiary/aromatic N) is 3. The molecule has 1 aliphatic rings. The molecular weight excluding hydrogens is 360 g/mol. The first-order valence-electron chi connectivity index (χ1n) is 9.15. The summed E-state index contributed by atoms with van der Waals surface area (Å²) in [6.07, 6.45) is 5.59. The fourth-order valence-corrected chi connectivity index (χ4v) is 3.39. The predicted octanol–water partition coefficient (Wildman–Crippen LogP) is 2.89. The molecule has 2 aromatic heterocycles. The highest BCUT2D eigenvalue weighted by atomic mass is 16.5. The second-order valence-electron chi connectivity index (χ2n) is 6.57. The summed E-state index contributed by atoms with van der Waals surface area (Å²) in [5, 5.41) is 2.81. The van der Waals surface area contributed by atoms with Crippen LogP contribution in [0.3, 0.4) is 0 Å². The van der Waals surface area contributed by atoms with E-state index in [0.29, 0.717) is 34.6 Å². The van der Waals surface area contributed by atoms with Crippen LogP contribution >= 0.6 is 0 Å². The normalized spacial score (nSPS) is 14.8. The number of hydrogen-bond acceptors (Lipinski definition) is 6. The lowest BCUT2D eigenvalue weighted by Gasteiger charge is -2.19. The van der Waals surface area contributed by atoms with Gasteiger partial charge in [-0.25, -0.2) is 4.98 Å². The third kappa shape index (κ3) is 3.50. The van der Waals surface area contributed by atoms with Gasteiger partial charge in [-0.15, -0.1) is 0 Å². The molecule has 0 spiro atoms. The number of amides is 1. The number of methoxy groups -OCH3 is 2. The third-order valence-electron chi connectivity index (χ3n) is 4.85. The number of anilines is 1. The smallest absolute Gasteiger partial charge is 0.260 e. The topological polar surface area (TPSA) is 87.0 Å². The van der Waals surface area contributed by atoms with Gasteiger partial charge in [0, 0.05) is 25.3 Å². The van der Waals surface area contributed by atoms with Gasteiger partial charge in [0.25, 0.3) is 11.8 Å². The van der Waals surface area contributed by atoms with Gasteiger partial charge in [-0.2, -0.15) is 4.98 Å². The molecule has 146 valence electrons. The van der Waals surface area contributed by atoms with Crippen molar-refractivity contribution < 1.29 is 19.0 Å². The Morgan fingerprint density at radius 2 is 1.93 bits per heavy atom. The van der Waals surface area contributed by atoms with E-state index in [4.69, 9.17) is 19.2 Å². The summed E-state index contributed by atoms with van der Waals surface area (Å²) < 4.78 is 17.9. The molecule has 1 fully saturated rings. The van der Waals surface area contributed by atoms with Gasteiger partial charge in [-0.1, -0.05) is 12.1 Å². The van der Waals surface area contributed by atoms with Crippen LogP contribution in [0, 0.1) is 0 Å². The highest BCUT2D eigenvalue weighted by Gasteiger charge is 2.21. The Labute approximate surface area is 162 Å². The minimum absolute atomic E-state index is 0.309. The lowest BCUT2D eigenvalue weighted by molar-refractivity contribution is 0.0846. The van der Waals surface area contributed by atoms with Crippen LogP contribution in [0.25, 0.3) is 5.65 Å². The number of benzene rings is 1. The van der Waals surface area contributed by atoms with E-state index in [1.807, 2.05) is 16.7 Å². The zero-order valence-corrected chi connectivity index (χ0v) is 15.8. The van der Waals surface area contributed by atoms with E-state index in [0.717, 1.165) is 31.7 Å². The Hall–Kier alpha value is -3.13. The van der Waals surface area contributed by atoms with Crippen LogP contribution in [0.15, 0.2) is 36.7 Å². The average Bonchev–Trinajstić information content (AvgIpc) is 3.18. The molecule has 3 aromatic rings. The Morgan fingerprint density at radius 1 is 1.14 bits per heavy atom. The quantitative estimate of drug-likeness (QED) is 0.730. The summed E-state index contributed by atoms with van der Waals surface area (Å²) in [6.45, 7) is 1.49. The average molecular weight is 382 g/mol. The fourth-order valence-electron chi connectivity index (χ4n) is 3.39. The standard InChI is InChI=1S/C20H22N4O4/c1-26-16-6-4-3-5-14(16)19(25)22-17-12-24-11-15(13-7-9-28-10-8-13)21-18(24)20(23-17)27-2/h3-6,11-13H,7-10H2,1-2H3,(H,22,25). The molecule has 0 unspecified atom stereocenters. The van der Waals surface area contributed by atoms with Crippen LogP contribution < -0.4 is 14.8 Å². The molecule has 4 rings (SSSR count). The van der Waals surface area contributed by atoms with Gasteiger partial charge in [0.15, 0.2) is 5.82 Å². The highest BCUT2D eigenvalue weighted by molar-refractivity contribution is 6.05. The maximum atomic E-state index is 12.7. The molecule has 1 aromatic carbocycles. The SMILES string of the molecule is COc1ccccc1C(=O)Nc1cn2cc(C3CCOCC3)nc2c(OC)n1. The molecule has 0 bridgehead atoms. The van der Waals surface area contributed by atoms with Gasteiger partial charge in [-0.05, 0) is 25.0 Å². The molecule has 1 saturated heterocycles. The van der Waals surface area contributed by atoms with Gasteiger partial charge in [-0.3, -0.25) is 9.20 Å². The summed E-state index contributed by atoms with van der Waals surface area (Å²) in [4.78, 5) is 21.8. The Kier molecular flexibility index (Phi) is 5.12. The number of carbonyl (C=O) groups excluding carboxylic acids is 1. The fraction of sp³-hybridized carbons (Fsp3) is 0.350. The van der Waals surface area contributed by atoms with Crippen LogP contribution in [0.4, 0.5) is 5.82 Å². The van der Waals surface area contributed by atoms with Crippen LogP contribution in [0.2, 0.25) is 0 Å². The van der Waals surface area contributed by atoms with Gasteiger partial charge >= 0.3 is 0 Å². The number of aromatic nitrogens is 3. The van der Waals surface area contributed by atoms with Crippen LogP contribution in [-0.2, 0) is 4.74 Å². The molecule has 1 amide bonds. The molecule has 8 nitrogen and oxygen atoms in total. The summed E-state index contributed by atoms with van der Waals surface area (Å²) in [5.74, 6) is 1.27. The Bertz CT molecular complexity index is 995. The number of nitrogens with one attached hydrogen (secondary N) is 1. The molecule has 0 radical (unpaired) electrons. The zero-order valence-electron chi connectivity index (χ0n) is 15.8. The first-order valence-corrected chi connectivity index (χ1v) is 9.15. The zero-order chi connectivity index (χ0) is 19.5. The van der Waals surface area contributed by atoms with Crippen molar-refractivity contribution in [1.29, 1.82) is 0 Å². The largest absolute Gasteiger partial charge is 0.496 e. The van der Waals surface area contributed by atoms with Gasteiger partial charge in [0.1, 0.15) is 5.75 Å². The first-order chi connectivity index (χ1) is 13.7. The molecule has 1 N–H and O–H groups in total. The second kappa shape index (κ2) is 7.85. The van der Waals surface area contributed by atoms with Crippen molar-refractivity contribution in [2.75, 3.05) is 32.8 Å². The van der Waals surface area contributed by atoms with Crippen molar-refractivity contribution in [2.45, 2.75) is 18.8 Å². The first kappa shape index (κ1) is 18.2. The van der Waals surface area contributed by atoms with Crippen molar-refractivity contribution in [2.24, 2.45) is 0 Å². The summed E-state index contributed by atoms with van der Waals surface area (Å²) in [6, 6.07) is 7.03. The molecule has 1 aliphatic heterocycles. The van der Waals surface area contributed by atoms with E-state index < -0.39 is 0 Å². The summed E-state index contributed by atoms with van der Waals surface area (Å²) in [5.41, 5.74) is 2.04.